The Balaban J connectivity index is 2.97. The van der Waals surface area contributed by atoms with E-state index in [9.17, 15) is 4.79 Å². The van der Waals surface area contributed by atoms with E-state index in [2.05, 4.69) is 4.89 Å². The van der Waals surface area contributed by atoms with E-state index in [1.807, 2.05) is 0 Å². The lowest BCUT2D eigenvalue weighted by Gasteiger charge is -1.92. The Kier molecular flexibility index (Phi) is 5.67. The van der Waals surface area contributed by atoms with Gasteiger partial charge in [0.25, 0.3) is 0 Å². The quantitative estimate of drug-likeness (QED) is 0.287. The fourth-order valence-corrected chi connectivity index (χ4v) is 0.598. The highest BCUT2D eigenvalue weighted by Crippen LogP contribution is 1.97. The molecule has 0 aliphatic rings. The molecular weight excluding hydrogens is 144 g/mol. The van der Waals surface area contributed by atoms with Gasteiger partial charge < -0.3 is 4.89 Å². The Hall–Kier alpha value is -0.280. The van der Waals surface area contributed by atoms with Gasteiger partial charge in [0, 0.05) is 12.3 Å². The Morgan fingerprint density at radius 1 is 1.56 bits per heavy atom. The van der Waals surface area contributed by atoms with Crippen LogP contribution >= 0.6 is 11.6 Å². The van der Waals surface area contributed by atoms with Crippen molar-refractivity contribution in [3.8, 4) is 0 Å². The molecule has 0 rings (SSSR count). The van der Waals surface area contributed by atoms with Crippen molar-refractivity contribution in [1.29, 1.82) is 0 Å². The average molecular weight is 153 g/mol. The van der Waals surface area contributed by atoms with Gasteiger partial charge in [-0.05, 0) is 12.8 Å². The van der Waals surface area contributed by atoms with Crippen molar-refractivity contribution in [2.24, 2.45) is 0 Å². The van der Waals surface area contributed by atoms with Crippen molar-refractivity contribution >= 4 is 17.6 Å². The van der Waals surface area contributed by atoms with Gasteiger partial charge in [-0.25, -0.2) is 4.79 Å². The molecule has 0 aromatic carbocycles. The van der Waals surface area contributed by atoms with Gasteiger partial charge in [0.1, 0.15) is 0 Å². The Bertz CT molecular complexity index is 84.3. The van der Waals surface area contributed by atoms with E-state index in [0.29, 0.717) is 12.3 Å². The number of halogens is 1. The highest BCUT2D eigenvalue weighted by Gasteiger charge is 1.99. The van der Waals surface area contributed by atoms with Gasteiger partial charge in [0.05, 0.1) is 0 Å². The lowest BCUT2D eigenvalue weighted by molar-refractivity contribution is -0.234. The second kappa shape index (κ2) is 5.85. The van der Waals surface area contributed by atoms with Crippen LogP contribution in [0.2, 0.25) is 0 Å². The van der Waals surface area contributed by atoms with Crippen molar-refractivity contribution in [2.45, 2.75) is 19.3 Å². The predicted molar refractivity (Wildman–Crippen MR) is 33.3 cm³/mol. The van der Waals surface area contributed by atoms with Gasteiger partial charge in [-0.2, -0.15) is 5.26 Å². The minimum absolute atomic E-state index is 0.239. The summed E-state index contributed by atoms with van der Waals surface area (Å²) in [5.41, 5.74) is 0. The summed E-state index contributed by atoms with van der Waals surface area (Å²) in [6.45, 7) is 0. The highest BCUT2D eigenvalue weighted by atomic mass is 35.5. The standard InChI is InChI=1S/C5H9ClO3/c6-4-2-1-3-5(7)9-8/h8H,1-4H2. The monoisotopic (exact) mass is 152 g/mol. The molecule has 0 heterocycles. The zero-order valence-electron chi connectivity index (χ0n) is 4.97. The number of rotatable bonds is 4. The predicted octanol–water partition coefficient (Wildman–Crippen LogP) is 1.41. The van der Waals surface area contributed by atoms with Crippen LogP contribution in [-0.2, 0) is 9.68 Å². The van der Waals surface area contributed by atoms with Crippen LogP contribution in [0, 0.1) is 0 Å². The number of hydrogen-bond acceptors (Lipinski definition) is 3. The molecule has 54 valence electrons. The number of alkyl halides is 1. The van der Waals surface area contributed by atoms with Crippen LogP contribution in [0.3, 0.4) is 0 Å². The van der Waals surface area contributed by atoms with Gasteiger partial charge in [0.2, 0.25) is 0 Å². The molecule has 0 aromatic rings. The summed E-state index contributed by atoms with van der Waals surface area (Å²) in [6.07, 6.45) is 1.68. The molecule has 0 unspecified atom stereocenters. The molecule has 0 bridgehead atoms. The van der Waals surface area contributed by atoms with Crippen LogP contribution in [0.25, 0.3) is 0 Å². The molecule has 1 N–H and O–H groups in total. The number of hydrogen-bond donors (Lipinski definition) is 1. The molecule has 3 nitrogen and oxygen atoms in total. The molecule has 0 aliphatic carbocycles. The number of carbonyl (C=O) groups excluding carboxylic acids is 1. The summed E-state index contributed by atoms with van der Waals surface area (Å²) in [6, 6.07) is 0. The zero-order valence-corrected chi connectivity index (χ0v) is 5.73. The van der Waals surface area contributed by atoms with Crippen LogP contribution in [0.15, 0.2) is 0 Å². The minimum atomic E-state index is -0.597. The van der Waals surface area contributed by atoms with E-state index >= 15 is 0 Å². The summed E-state index contributed by atoms with van der Waals surface area (Å²) in [5, 5.41) is 7.75. The van der Waals surface area contributed by atoms with Crippen molar-refractivity contribution in [3.05, 3.63) is 0 Å². The van der Waals surface area contributed by atoms with E-state index in [1.54, 1.807) is 0 Å². The first-order valence-corrected chi connectivity index (χ1v) is 3.25. The second-order valence-electron chi connectivity index (χ2n) is 1.61. The van der Waals surface area contributed by atoms with Crippen molar-refractivity contribution < 1.29 is 14.9 Å². The van der Waals surface area contributed by atoms with Crippen molar-refractivity contribution in [2.75, 3.05) is 5.88 Å². The molecule has 4 heteroatoms. The third-order valence-electron chi connectivity index (χ3n) is 0.866. The van der Waals surface area contributed by atoms with Gasteiger partial charge in [-0.1, -0.05) is 0 Å². The molecule has 9 heavy (non-hydrogen) atoms. The number of unbranched alkanes of at least 4 members (excludes halogenated alkanes) is 1. The minimum Gasteiger partial charge on any atom is -0.301 e. The van der Waals surface area contributed by atoms with Gasteiger partial charge >= 0.3 is 5.97 Å². The summed E-state index contributed by atoms with van der Waals surface area (Å²) >= 11 is 5.31. The maximum absolute atomic E-state index is 10.2. The first-order valence-electron chi connectivity index (χ1n) is 2.71. The normalized spacial score (nSPS) is 9.11. The molecular formula is C5H9ClO3. The third kappa shape index (κ3) is 5.59. The summed E-state index contributed by atoms with van der Waals surface area (Å²) in [5.74, 6) is -0.0567. The second-order valence-corrected chi connectivity index (χ2v) is 1.99. The summed E-state index contributed by atoms with van der Waals surface area (Å²) < 4.78 is 0. The number of carbonyl (C=O) groups is 1. The fourth-order valence-electron chi connectivity index (χ4n) is 0.409. The van der Waals surface area contributed by atoms with Crippen molar-refractivity contribution in [1.82, 2.24) is 0 Å². The largest absolute Gasteiger partial charge is 0.342 e. The van der Waals surface area contributed by atoms with E-state index in [1.165, 1.54) is 0 Å². The first-order chi connectivity index (χ1) is 4.31. The average Bonchev–Trinajstić information content (AvgIpc) is 1.89. The SMILES string of the molecule is O=C(CCCCCl)OO. The first kappa shape index (κ1) is 8.72. The van der Waals surface area contributed by atoms with Crippen LogP contribution in [0.4, 0.5) is 0 Å². The Morgan fingerprint density at radius 2 is 2.22 bits per heavy atom. The highest BCUT2D eigenvalue weighted by molar-refractivity contribution is 6.17. The third-order valence-corrected chi connectivity index (χ3v) is 1.13. The van der Waals surface area contributed by atoms with E-state index in [0.717, 1.165) is 6.42 Å². The molecule has 0 fully saturated rings. The van der Waals surface area contributed by atoms with Gasteiger partial charge in [-0.15, -0.1) is 11.6 Å². The molecule has 0 aromatic heterocycles. The maximum Gasteiger partial charge on any atom is 0.342 e. The zero-order chi connectivity index (χ0) is 7.11. The van der Waals surface area contributed by atoms with Crippen LogP contribution in [0.5, 0.6) is 0 Å². The smallest absolute Gasteiger partial charge is 0.301 e. The van der Waals surface area contributed by atoms with E-state index < -0.39 is 5.97 Å². The lowest BCUT2D eigenvalue weighted by atomic mass is 10.3. The Morgan fingerprint density at radius 3 is 2.67 bits per heavy atom. The molecule has 0 spiro atoms. The van der Waals surface area contributed by atoms with E-state index in [4.69, 9.17) is 16.9 Å². The Labute approximate surface area is 58.5 Å². The van der Waals surface area contributed by atoms with Gasteiger partial charge in [0.15, 0.2) is 0 Å². The van der Waals surface area contributed by atoms with Crippen LogP contribution in [-0.4, -0.2) is 17.1 Å². The van der Waals surface area contributed by atoms with Crippen LogP contribution in [0.1, 0.15) is 19.3 Å². The topological polar surface area (TPSA) is 46.5 Å². The fraction of sp³-hybridized carbons (Fsp3) is 0.800. The molecule has 0 saturated carbocycles. The molecule has 0 amide bonds. The summed E-state index contributed by atoms with van der Waals surface area (Å²) in [4.78, 5) is 13.6. The maximum atomic E-state index is 10.2. The van der Waals surface area contributed by atoms with Gasteiger partial charge in [-0.3, -0.25) is 0 Å². The molecule has 0 atom stereocenters. The summed E-state index contributed by atoms with van der Waals surface area (Å²) in [7, 11) is 0. The van der Waals surface area contributed by atoms with Crippen molar-refractivity contribution in [3.63, 3.8) is 0 Å². The molecule has 0 radical (unpaired) electrons. The molecule has 0 aliphatic heterocycles. The van der Waals surface area contributed by atoms with Crippen LogP contribution < -0.4 is 0 Å². The van der Waals surface area contributed by atoms with E-state index in [-0.39, 0.29) is 6.42 Å². The molecule has 0 saturated heterocycles. The lowest BCUT2D eigenvalue weighted by Crippen LogP contribution is -1.99.